The second kappa shape index (κ2) is 5.48. The Morgan fingerprint density at radius 2 is 2.41 bits per heavy atom. The summed E-state index contributed by atoms with van der Waals surface area (Å²) in [5.74, 6) is 0.144. The summed E-state index contributed by atoms with van der Waals surface area (Å²) in [6.45, 7) is 3.76. The predicted molar refractivity (Wildman–Crippen MR) is 69.8 cm³/mol. The van der Waals surface area contributed by atoms with Crippen molar-refractivity contribution in [1.82, 2.24) is 15.1 Å². The fraction of sp³-hybridized carbons (Fsp3) is 0.750. The summed E-state index contributed by atoms with van der Waals surface area (Å²) in [7, 11) is 1.87. The van der Waals surface area contributed by atoms with Gasteiger partial charge in [0.05, 0.1) is 15.9 Å². The van der Waals surface area contributed by atoms with Gasteiger partial charge in [-0.1, -0.05) is 0 Å². The Hall–Kier alpha value is -0.420. The average Bonchev–Trinajstić information content (AvgIpc) is 2.57. The standard InChI is InChI=1S/C12H19BrFN3/c1-8-12(13)11(17(2)16-8)6-10(14)9-4-3-5-15-7-9/h9-10,15H,3-7H2,1-2H3. The first-order chi connectivity index (χ1) is 8.09. The maximum atomic E-state index is 14.2. The van der Waals surface area contributed by atoms with Gasteiger partial charge in [0.15, 0.2) is 0 Å². The Morgan fingerprint density at radius 3 is 2.94 bits per heavy atom. The summed E-state index contributed by atoms with van der Waals surface area (Å²) in [4.78, 5) is 0. The van der Waals surface area contributed by atoms with Crippen LogP contribution in [0.15, 0.2) is 4.47 Å². The minimum atomic E-state index is -0.783. The smallest absolute Gasteiger partial charge is 0.110 e. The van der Waals surface area contributed by atoms with E-state index in [1.807, 2.05) is 14.0 Å². The molecule has 5 heteroatoms. The lowest BCUT2D eigenvalue weighted by atomic mass is 9.92. The van der Waals surface area contributed by atoms with E-state index in [-0.39, 0.29) is 5.92 Å². The molecule has 96 valence electrons. The first-order valence-corrected chi connectivity index (χ1v) is 6.91. The van der Waals surface area contributed by atoms with E-state index >= 15 is 0 Å². The molecule has 1 aliphatic heterocycles. The van der Waals surface area contributed by atoms with Gasteiger partial charge >= 0.3 is 0 Å². The van der Waals surface area contributed by atoms with E-state index in [9.17, 15) is 4.39 Å². The van der Waals surface area contributed by atoms with Crippen molar-refractivity contribution in [2.75, 3.05) is 13.1 Å². The van der Waals surface area contributed by atoms with Crippen LogP contribution in [0.5, 0.6) is 0 Å². The van der Waals surface area contributed by atoms with Gasteiger partial charge in [-0.3, -0.25) is 4.68 Å². The maximum absolute atomic E-state index is 14.2. The lowest BCUT2D eigenvalue weighted by Gasteiger charge is -2.25. The monoisotopic (exact) mass is 303 g/mol. The summed E-state index contributed by atoms with van der Waals surface area (Å²) in [6, 6.07) is 0. The zero-order valence-electron chi connectivity index (χ0n) is 10.3. The largest absolute Gasteiger partial charge is 0.316 e. The number of hydrogen-bond acceptors (Lipinski definition) is 2. The lowest BCUT2D eigenvalue weighted by Crippen LogP contribution is -2.36. The first kappa shape index (κ1) is 13.0. The van der Waals surface area contributed by atoms with Crippen LogP contribution in [0, 0.1) is 12.8 Å². The Bertz CT molecular complexity index is 385. The van der Waals surface area contributed by atoms with Gasteiger partial charge in [-0.05, 0) is 42.2 Å². The van der Waals surface area contributed by atoms with E-state index in [2.05, 4.69) is 26.3 Å². The number of aromatic nitrogens is 2. The molecule has 1 saturated heterocycles. The van der Waals surface area contributed by atoms with E-state index in [0.29, 0.717) is 6.42 Å². The van der Waals surface area contributed by atoms with Gasteiger partial charge in [0, 0.05) is 25.9 Å². The highest BCUT2D eigenvalue weighted by atomic mass is 79.9. The molecule has 0 bridgehead atoms. The maximum Gasteiger partial charge on any atom is 0.110 e. The van der Waals surface area contributed by atoms with Crippen molar-refractivity contribution in [2.45, 2.75) is 32.4 Å². The predicted octanol–water partition coefficient (Wildman–Crippen LogP) is 2.37. The molecular formula is C12H19BrFN3. The minimum absolute atomic E-state index is 0.144. The van der Waals surface area contributed by atoms with Crippen LogP contribution in [0.3, 0.4) is 0 Å². The van der Waals surface area contributed by atoms with Crippen LogP contribution in [-0.4, -0.2) is 29.0 Å². The Morgan fingerprint density at radius 1 is 1.65 bits per heavy atom. The van der Waals surface area contributed by atoms with Crippen molar-refractivity contribution in [3.8, 4) is 0 Å². The highest BCUT2D eigenvalue weighted by Crippen LogP contribution is 2.26. The van der Waals surface area contributed by atoms with Gasteiger partial charge in [-0.25, -0.2) is 4.39 Å². The van der Waals surface area contributed by atoms with Crippen LogP contribution >= 0.6 is 15.9 Å². The van der Waals surface area contributed by atoms with Gasteiger partial charge in [0.1, 0.15) is 6.17 Å². The number of piperidine rings is 1. The molecule has 0 aliphatic carbocycles. The molecular weight excluding hydrogens is 285 g/mol. The zero-order chi connectivity index (χ0) is 12.4. The molecule has 2 atom stereocenters. The molecule has 1 aliphatic rings. The molecule has 3 nitrogen and oxygen atoms in total. The van der Waals surface area contributed by atoms with E-state index in [1.165, 1.54) is 0 Å². The third-order valence-corrected chi connectivity index (χ3v) is 4.53. The van der Waals surface area contributed by atoms with Crippen molar-refractivity contribution < 1.29 is 4.39 Å². The fourth-order valence-corrected chi connectivity index (χ4v) is 2.94. The number of nitrogens with zero attached hydrogens (tertiary/aromatic N) is 2. The quantitative estimate of drug-likeness (QED) is 0.929. The van der Waals surface area contributed by atoms with Gasteiger partial charge in [-0.2, -0.15) is 5.10 Å². The Labute approximate surface area is 110 Å². The van der Waals surface area contributed by atoms with Crippen molar-refractivity contribution >= 4 is 15.9 Å². The van der Waals surface area contributed by atoms with E-state index in [4.69, 9.17) is 0 Å². The van der Waals surface area contributed by atoms with Gasteiger partial charge in [0.25, 0.3) is 0 Å². The van der Waals surface area contributed by atoms with Gasteiger partial charge in [0.2, 0.25) is 0 Å². The molecule has 17 heavy (non-hydrogen) atoms. The van der Waals surface area contributed by atoms with Crippen LogP contribution in [0.25, 0.3) is 0 Å². The number of halogens is 2. The molecule has 0 spiro atoms. The molecule has 0 aromatic carbocycles. The number of aryl methyl sites for hydroxylation is 2. The van der Waals surface area contributed by atoms with E-state index in [0.717, 1.165) is 41.8 Å². The highest BCUT2D eigenvalue weighted by Gasteiger charge is 2.25. The molecule has 2 heterocycles. The number of alkyl halides is 1. The molecule has 0 saturated carbocycles. The zero-order valence-corrected chi connectivity index (χ0v) is 11.9. The Balaban J connectivity index is 2.04. The summed E-state index contributed by atoms with van der Waals surface area (Å²) in [5, 5.41) is 7.56. The molecule has 1 aromatic rings. The van der Waals surface area contributed by atoms with Gasteiger partial charge in [-0.15, -0.1) is 0 Å². The number of nitrogens with one attached hydrogen (secondary N) is 1. The highest BCUT2D eigenvalue weighted by molar-refractivity contribution is 9.10. The van der Waals surface area contributed by atoms with Crippen molar-refractivity contribution in [2.24, 2.45) is 13.0 Å². The SMILES string of the molecule is Cc1nn(C)c(CC(F)C2CCCNC2)c1Br. The number of rotatable bonds is 3. The minimum Gasteiger partial charge on any atom is -0.316 e. The molecule has 2 rings (SSSR count). The second-order valence-corrected chi connectivity index (χ2v) is 5.59. The number of hydrogen-bond donors (Lipinski definition) is 1. The molecule has 1 N–H and O–H groups in total. The third-order valence-electron chi connectivity index (χ3n) is 3.50. The van der Waals surface area contributed by atoms with Crippen LogP contribution in [0.2, 0.25) is 0 Å². The molecule has 0 amide bonds. The summed E-state index contributed by atoms with van der Waals surface area (Å²) >= 11 is 3.49. The molecule has 1 fully saturated rings. The topological polar surface area (TPSA) is 29.9 Å². The van der Waals surface area contributed by atoms with E-state index in [1.54, 1.807) is 4.68 Å². The second-order valence-electron chi connectivity index (χ2n) is 4.80. The van der Waals surface area contributed by atoms with Crippen LogP contribution < -0.4 is 5.32 Å². The van der Waals surface area contributed by atoms with Crippen LogP contribution in [-0.2, 0) is 13.5 Å². The lowest BCUT2D eigenvalue weighted by molar-refractivity contribution is 0.188. The molecule has 0 radical (unpaired) electrons. The Kier molecular flexibility index (Phi) is 4.20. The third kappa shape index (κ3) is 2.88. The fourth-order valence-electron chi connectivity index (χ4n) is 2.44. The summed E-state index contributed by atoms with van der Waals surface area (Å²) in [5.41, 5.74) is 1.89. The normalized spacial score (nSPS) is 22.7. The van der Waals surface area contributed by atoms with Crippen molar-refractivity contribution in [1.29, 1.82) is 0 Å². The van der Waals surface area contributed by atoms with Crippen LogP contribution in [0.1, 0.15) is 24.2 Å². The summed E-state index contributed by atoms with van der Waals surface area (Å²) in [6.07, 6.45) is 1.73. The molecule has 2 unspecified atom stereocenters. The molecule has 1 aromatic heterocycles. The average molecular weight is 304 g/mol. The van der Waals surface area contributed by atoms with Crippen LogP contribution in [0.4, 0.5) is 4.39 Å². The van der Waals surface area contributed by atoms with E-state index < -0.39 is 6.17 Å². The van der Waals surface area contributed by atoms with Gasteiger partial charge < -0.3 is 5.32 Å². The van der Waals surface area contributed by atoms with Crippen molar-refractivity contribution in [3.63, 3.8) is 0 Å². The van der Waals surface area contributed by atoms with Crippen molar-refractivity contribution in [3.05, 3.63) is 15.9 Å². The summed E-state index contributed by atoms with van der Waals surface area (Å²) < 4.78 is 17.0. The first-order valence-electron chi connectivity index (χ1n) is 6.12.